The molecule has 1 aromatic carbocycles. The minimum Gasteiger partial charge on any atom is -0.352 e. The predicted molar refractivity (Wildman–Crippen MR) is 115 cm³/mol. The molecule has 3 aromatic heterocycles. The van der Waals surface area contributed by atoms with Crippen LogP contribution in [0.3, 0.4) is 0 Å². The number of fused-ring (bicyclic) bond motifs is 1. The Hall–Kier alpha value is -3.47. The van der Waals surface area contributed by atoms with E-state index in [-0.39, 0.29) is 12.3 Å². The lowest BCUT2D eigenvalue weighted by Gasteiger charge is -2.09. The van der Waals surface area contributed by atoms with Crippen LogP contribution in [0.4, 0.5) is 0 Å². The van der Waals surface area contributed by atoms with Crippen LogP contribution in [0.15, 0.2) is 61.1 Å². The highest BCUT2D eigenvalue weighted by Crippen LogP contribution is 2.28. The summed E-state index contributed by atoms with van der Waals surface area (Å²) >= 11 is 0. The van der Waals surface area contributed by atoms with Crippen LogP contribution in [0, 0.1) is 20.8 Å². The molecule has 29 heavy (non-hydrogen) atoms. The summed E-state index contributed by atoms with van der Waals surface area (Å²) in [6.45, 7) is 6.69. The lowest BCUT2D eigenvalue weighted by atomic mass is 10.0. The molecule has 0 aliphatic rings. The minimum atomic E-state index is -0.0396. The van der Waals surface area contributed by atoms with E-state index in [2.05, 4.69) is 42.3 Å². The molecule has 4 rings (SSSR count). The Bertz CT molecular complexity index is 1180. The second-order valence-electron chi connectivity index (χ2n) is 7.41. The van der Waals surface area contributed by atoms with E-state index < -0.39 is 0 Å². The fraction of sp³-hybridized carbons (Fsp3) is 0.208. The van der Waals surface area contributed by atoms with Gasteiger partial charge in [0, 0.05) is 30.7 Å². The van der Waals surface area contributed by atoms with Crippen LogP contribution in [0.1, 0.15) is 27.9 Å². The summed E-state index contributed by atoms with van der Waals surface area (Å²) in [7, 11) is 0. The number of benzene rings is 1. The van der Waals surface area contributed by atoms with Crippen LogP contribution in [0.2, 0.25) is 0 Å². The van der Waals surface area contributed by atoms with Crippen molar-refractivity contribution in [3.63, 3.8) is 0 Å². The number of nitrogens with zero attached hydrogens (tertiary/aromatic N) is 3. The van der Waals surface area contributed by atoms with Crippen LogP contribution in [0.25, 0.3) is 16.9 Å². The molecule has 0 aliphatic carbocycles. The van der Waals surface area contributed by atoms with Gasteiger partial charge < -0.3 is 9.72 Å². The van der Waals surface area contributed by atoms with Gasteiger partial charge in [0.1, 0.15) is 5.65 Å². The average Bonchev–Trinajstić information content (AvgIpc) is 3.09. The molecule has 5 nitrogen and oxygen atoms in total. The lowest BCUT2D eigenvalue weighted by Crippen LogP contribution is -2.25. The molecule has 0 spiro atoms. The summed E-state index contributed by atoms with van der Waals surface area (Å²) in [6.07, 6.45) is 5.72. The van der Waals surface area contributed by atoms with Crippen LogP contribution in [-0.4, -0.2) is 20.3 Å². The van der Waals surface area contributed by atoms with Gasteiger partial charge in [-0.25, -0.2) is 4.98 Å². The first-order valence-corrected chi connectivity index (χ1v) is 9.72. The normalized spacial score (nSPS) is 11.0. The first-order valence-electron chi connectivity index (χ1n) is 9.72. The van der Waals surface area contributed by atoms with E-state index in [0.717, 1.165) is 33.7 Å². The summed E-state index contributed by atoms with van der Waals surface area (Å²) in [4.78, 5) is 21.7. The van der Waals surface area contributed by atoms with Crippen molar-refractivity contribution in [1.82, 2.24) is 19.7 Å². The maximum Gasteiger partial charge on any atom is 0.226 e. The van der Waals surface area contributed by atoms with Gasteiger partial charge in [0.05, 0.1) is 17.8 Å². The molecule has 0 aliphatic heterocycles. The first kappa shape index (κ1) is 18.9. The monoisotopic (exact) mass is 384 g/mol. The van der Waals surface area contributed by atoms with Gasteiger partial charge in [0.25, 0.3) is 0 Å². The number of hydrogen-bond acceptors (Lipinski definition) is 3. The number of nitrogens with one attached hydrogen (secondary N) is 1. The zero-order valence-electron chi connectivity index (χ0n) is 16.9. The van der Waals surface area contributed by atoms with Crippen LogP contribution in [0.5, 0.6) is 0 Å². The number of carbonyl (C=O) groups excluding carboxylic acids is 1. The molecule has 4 aromatic rings. The molecule has 0 atom stereocenters. The van der Waals surface area contributed by atoms with Gasteiger partial charge in [-0.05, 0) is 61.2 Å². The molecular weight excluding hydrogens is 360 g/mol. The first-order chi connectivity index (χ1) is 14.0. The Kier molecular flexibility index (Phi) is 5.12. The quantitative estimate of drug-likeness (QED) is 0.561. The Labute approximate surface area is 170 Å². The van der Waals surface area contributed by atoms with Crippen molar-refractivity contribution in [2.75, 3.05) is 0 Å². The van der Waals surface area contributed by atoms with E-state index in [9.17, 15) is 4.79 Å². The molecule has 0 radical (unpaired) electrons. The van der Waals surface area contributed by atoms with E-state index in [1.54, 1.807) is 12.4 Å². The van der Waals surface area contributed by atoms with Crippen molar-refractivity contribution < 1.29 is 4.79 Å². The summed E-state index contributed by atoms with van der Waals surface area (Å²) in [5.41, 5.74) is 8.19. The van der Waals surface area contributed by atoms with Crippen molar-refractivity contribution in [2.24, 2.45) is 0 Å². The maximum atomic E-state index is 12.7. The number of aromatic nitrogens is 3. The number of hydrogen-bond donors (Lipinski definition) is 1. The van der Waals surface area contributed by atoms with Gasteiger partial charge in [-0.3, -0.25) is 9.78 Å². The highest BCUT2D eigenvalue weighted by atomic mass is 16.1. The minimum absolute atomic E-state index is 0.0396. The molecule has 0 saturated carbocycles. The summed E-state index contributed by atoms with van der Waals surface area (Å²) < 4.78 is 2.03. The number of pyridine rings is 2. The number of amides is 1. The highest BCUT2D eigenvalue weighted by Gasteiger charge is 2.18. The van der Waals surface area contributed by atoms with E-state index in [1.165, 1.54) is 11.1 Å². The third-order valence-electron chi connectivity index (χ3n) is 5.26. The second kappa shape index (κ2) is 7.87. The maximum absolute atomic E-state index is 12.7. The highest BCUT2D eigenvalue weighted by molar-refractivity contribution is 5.82. The molecule has 3 heterocycles. The Morgan fingerprint density at radius 3 is 2.66 bits per heavy atom. The van der Waals surface area contributed by atoms with Gasteiger partial charge in [0.2, 0.25) is 5.91 Å². The molecule has 5 heteroatoms. The zero-order valence-corrected chi connectivity index (χ0v) is 16.9. The molecular formula is C24H24N4O. The third-order valence-corrected chi connectivity index (χ3v) is 5.26. The molecule has 0 fully saturated rings. The molecule has 0 saturated heterocycles. The molecule has 146 valence electrons. The van der Waals surface area contributed by atoms with Crippen LogP contribution in [-0.2, 0) is 17.8 Å². The van der Waals surface area contributed by atoms with Gasteiger partial charge >= 0.3 is 0 Å². The Morgan fingerprint density at radius 1 is 1.03 bits per heavy atom. The van der Waals surface area contributed by atoms with E-state index in [1.807, 2.05) is 41.8 Å². The smallest absolute Gasteiger partial charge is 0.226 e. The summed E-state index contributed by atoms with van der Waals surface area (Å²) in [5.74, 6) is -0.0396. The standard InChI is InChI=1S/C24H24N4O/c1-16-8-9-20(12-18(16)3)23-21(28-11-5-6-17(2)24(28)27-23)13-22(29)26-15-19-7-4-10-25-14-19/h4-12,14H,13,15H2,1-3H3,(H,26,29). The number of imidazole rings is 1. The SMILES string of the molecule is Cc1ccc(-c2nc3c(C)cccn3c2CC(=O)NCc2cccnc2)cc1C. The Balaban J connectivity index is 1.69. The fourth-order valence-electron chi connectivity index (χ4n) is 3.46. The predicted octanol–water partition coefficient (Wildman–Crippen LogP) is 4.18. The summed E-state index contributed by atoms with van der Waals surface area (Å²) in [5, 5.41) is 3.00. The van der Waals surface area contributed by atoms with Crippen molar-refractivity contribution >= 4 is 11.6 Å². The van der Waals surface area contributed by atoms with Crippen molar-refractivity contribution in [1.29, 1.82) is 0 Å². The number of rotatable bonds is 5. The second-order valence-corrected chi connectivity index (χ2v) is 7.41. The summed E-state index contributed by atoms with van der Waals surface area (Å²) in [6, 6.07) is 14.2. The van der Waals surface area contributed by atoms with Gasteiger partial charge in [-0.1, -0.05) is 24.3 Å². The fourth-order valence-corrected chi connectivity index (χ4v) is 3.46. The van der Waals surface area contributed by atoms with Crippen molar-refractivity contribution in [2.45, 2.75) is 33.7 Å². The average molecular weight is 384 g/mol. The molecule has 0 unspecified atom stereocenters. The molecule has 1 N–H and O–H groups in total. The van der Waals surface area contributed by atoms with Gasteiger partial charge in [0.15, 0.2) is 0 Å². The number of carbonyl (C=O) groups is 1. The third kappa shape index (κ3) is 3.90. The van der Waals surface area contributed by atoms with E-state index >= 15 is 0 Å². The Morgan fingerprint density at radius 2 is 1.90 bits per heavy atom. The molecule has 0 bridgehead atoms. The topological polar surface area (TPSA) is 59.3 Å². The van der Waals surface area contributed by atoms with Crippen LogP contribution >= 0.6 is 0 Å². The van der Waals surface area contributed by atoms with Crippen molar-refractivity contribution in [3.05, 3.63) is 89.0 Å². The number of aryl methyl sites for hydroxylation is 3. The van der Waals surface area contributed by atoms with E-state index in [4.69, 9.17) is 4.98 Å². The largest absolute Gasteiger partial charge is 0.352 e. The van der Waals surface area contributed by atoms with Gasteiger partial charge in [-0.15, -0.1) is 0 Å². The molecule has 1 amide bonds. The van der Waals surface area contributed by atoms with Crippen LogP contribution < -0.4 is 5.32 Å². The van der Waals surface area contributed by atoms with Gasteiger partial charge in [-0.2, -0.15) is 0 Å². The van der Waals surface area contributed by atoms with E-state index in [0.29, 0.717) is 6.54 Å². The zero-order chi connectivity index (χ0) is 20.4. The lowest BCUT2D eigenvalue weighted by molar-refractivity contribution is -0.120. The van der Waals surface area contributed by atoms with Crippen molar-refractivity contribution in [3.8, 4) is 11.3 Å².